The third kappa shape index (κ3) is 6.34. The lowest BCUT2D eigenvalue weighted by molar-refractivity contribution is -0.127. The van der Waals surface area contributed by atoms with Crippen LogP contribution in [0.2, 0.25) is 0 Å². The van der Waals surface area contributed by atoms with E-state index >= 15 is 0 Å². The summed E-state index contributed by atoms with van der Waals surface area (Å²) in [4.78, 5) is 17.8. The second-order valence-electron chi connectivity index (χ2n) is 8.91. The molecule has 33 heavy (non-hydrogen) atoms. The number of nitrogens with zero attached hydrogens (tertiary/aromatic N) is 2. The molecule has 2 aliphatic rings. The van der Waals surface area contributed by atoms with Gasteiger partial charge in [0.15, 0.2) is 9.84 Å². The molecule has 4 rings (SSSR count). The molecule has 0 aromatic heterocycles. The van der Waals surface area contributed by atoms with Crippen LogP contribution in [-0.4, -0.2) is 75.0 Å². The summed E-state index contributed by atoms with van der Waals surface area (Å²) in [6.45, 7) is 3.47. The van der Waals surface area contributed by atoms with E-state index in [4.69, 9.17) is 4.74 Å². The van der Waals surface area contributed by atoms with E-state index in [1.165, 1.54) is 5.56 Å². The number of hydrogen-bond donors (Lipinski definition) is 1. The average molecular weight is 472 g/mol. The summed E-state index contributed by atoms with van der Waals surface area (Å²) in [6.07, 6.45) is 1.79. The van der Waals surface area contributed by atoms with Gasteiger partial charge in [-0.3, -0.25) is 14.6 Å². The van der Waals surface area contributed by atoms with Gasteiger partial charge in [-0.25, -0.2) is 8.42 Å². The maximum atomic E-state index is 13.4. The maximum absolute atomic E-state index is 13.4. The number of nitrogens with one attached hydrogen (secondary N) is 1. The van der Waals surface area contributed by atoms with Gasteiger partial charge in [-0.15, -0.1) is 0 Å². The molecule has 1 amide bonds. The van der Waals surface area contributed by atoms with E-state index < -0.39 is 15.9 Å². The summed E-state index contributed by atoms with van der Waals surface area (Å²) in [6, 6.07) is 17.5. The van der Waals surface area contributed by atoms with Crippen LogP contribution in [0, 0.1) is 0 Å². The van der Waals surface area contributed by atoms with Crippen molar-refractivity contribution in [2.45, 2.75) is 31.5 Å². The van der Waals surface area contributed by atoms with Gasteiger partial charge < -0.3 is 10.1 Å². The van der Waals surface area contributed by atoms with E-state index in [-0.39, 0.29) is 23.5 Å². The van der Waals surface area contributed by atoms with Crippen LogP contribution in [0.15, 0.2) is 54.6 Å². The van der Waals surface area contributed by atoms with Crippen LogP contribution in [0.1, 0.15) is 30.0 Å². The largest absolute Gasteiger partial charge is 0.497 e. The first-order valence-electron chi connectivity index (χ1n) is 11.6. The van der Waals surface area contributed by atoms with Gasteiger partial charge in [0, 0.05) is 38.8 Å². The maximum Gasteiger partial charge on any atom is 0.242 e. The van der Waals surface area contributed by atoms with Gasteiger partial charge in [-0.2, -0.15) is 0 Å². The molecule has 1 unspecified atom stereocenters. The molecule has 2 saturated heterocycles. The first-order valence-corrected chi connectivity index (χ1v) is 13.4. The molecule has 2 heterocycles. The Hall–Kier alpha value is -2.42. The zero-order valence-corrected chi connectivity index (χ0v) is 20.0. The van der Waals surface area contributed by atoms with Crippen molar-refractivity contribution in [3.05, 3.63) is 65.7 Å². The standard InChI is InChI=1S/C25H33N3O4S/c1-32-23-9-5-6-20(18-23)19-27-12-10-22(11-13-27)26-25(29)24(21-7-3-2-4-8-21)28-14-16-33(30,31)17-15-28/h2-9,18,22,24H,10-17,19H2,1H3,(H,26,29). The molecule has 1 N–H and O–H groups in total. The highest BCUT2D eigenvalue weighted by Gasteiger charge is 2.33. The first-order chi connectivity index (χ1) is 15.9. The lowest BCUT2D eigenvalue weighted by Gasteiger charge is -2.36. The number of carbonyl (C=O) groups excluding carboxylic acids is 1. The topological polar surface area (TPSA) is 79.0 Å². The van der Waals surface area contributed by atoms with Crippen molar-refractivity contribution in [1.82, 2.24) is 15.1 Å². The number of sulfone groups is 1. The molecule has 0 spiro atoms. The first kappa shape index (κ1) is 23.7. The van der Waals surface area contributed by atoms with Gasteiger partial charge in [0.25, 0.3) is 0 Å². The van der Waals surface area contributed by atoms with Crippen molar-refractivity contribution in [2.75, 3.05) is 44.8 Å². The van der Waals surface area contributed by atoms with Gasteiger partial charge in [-0.1, -0.05) is 42.5 Å². The number of amides is 1. The van der Waals surface area contributed by atoms with Crippen LogP contribution in [0.3, 0.4) is 0 Å². The molecule has 0 radical (unpaired) electrons. The minimum absolute atomic E-state index is 0.0354. The second kappa shape index (κ2) is 10.7. The van der Waals surface area contributed by atoms with Gasteiger partial charge in [0.1, 0.15) is 11.8 Å². The van der Waals surface area contributed by atoms with Crippen LogP contribution in [0.5, 0.6) is 5.75 Å². The number of hydrogen-bond acceptors (Lipinski definition) is 6. The third-order valence-corrected chi connectivity index (χ3v) is 8.19. The molecule has 0 saturated carbocycles. The van der Waals surface area contributed by atoms with E-state index in [0.29, 0.717) is 13.1 Å². The fourth-order valence-electron chi connectivity index (χ4n) is 4.69. The van der Waals surface area contributed by atoms with Crippen LogP contribution < -0.4 is 10.1 Å². The monoisotopic (exact) mass is 471 g/mol. The van der Waals surface area contributed by atoms with Crippen molar-refractivity contribution in [1.29, 1.82) is 0 Å². The number of methoxy groups -OCH3 is 1. The number of ether oxygens (including phenoxy) is 1. The smallest absolute Gasteiger partial charge is 0.242 e. The zero-order valence-electron chi connectivity index (χ0n) is 19.2. The van der Waals surface area contributed by atoms with Crippen LogP contribution >= 0.6 is 0 Å². The third-order valence-electron chi connectivity index (χ3n) is 6.58. The van der Waals surface area contributed by atoms with E-state index in [9.17, 15) is 13.2 Å². The van der Waals surface area contributed by atoms with Crippen molar-refractivity contribution >= 4 is 15.7 Å². The normalized spacial score (nSPS) is 20.8. The minimum Gasteiger partial charge on any atom is -0.497 e. The van der Waals surface area contributed by atoms with Gasteiger partial charge in [0.05, 0.1) is 18.6 Å². The van der Waals surface area contributed by atoms with Crippen molar-refractivity contribution in [3.8, 4) is 5.75 Å². The van der Waals surface area contributed by atoms with E-state index in [0.717, 1.165) is 43.8 Å². The molecule has 8 heteroatoms. The SMILES string of the molecule is COc1cccc(CN2CCC(NC(=O)C(c3ccccc3)N3CCS(=O)(=O)CC3)CC2)c1. The molecule has 7 nitrogen and oxygen atoms in total. The number of likely N-dealkylation sites (tertiary alicyclic amines) is 1. The molecule has 2 aromatic carbocycles. The number of carbonyl (C=O) groups is 1. The Morgan fingerprint density at radius 3 is 2.39 bits per heavy atom. The Labute approximate surface area is 196 Å². The number of rotatable bonds is 7. The fraction of sp³-hybridized carbons (Fsp3) is 0.480. The Morgan fingerprint density at radius 1 is 1.03 bits per heavy atom. The molecule has 1 atom stereocenters. The summed E-state index contributed by atoms with van der Waals surface area (Å²) in [7, 11) is -1.33. The van der Waals surface area contributed by atoms with E-state index in [1.54, 1.807) is 7.11 Å². The Bertz CT molecular complexity index is 1020. The summed E-state index contributed by atoms with van der Waals surface area (Å²) in [5, 5.41) is 3.26. The second-order valence-corrected chi connectivity index (χ2v) is 11.2. The number of benzene rings is 2. The molecule has 2 fully saturated rings. The van der Waals surface area contributed by atoms with Crippen molar-refractivity contribution in [2.24, 2.45) is 0 Å². The van der Waals surface area contributed by atoms with Crippen LogP contribution in [0.25, 0.3) is 0 Å². The molecular formula is C25H33N3O4S. The van der Waals surface area contributed by atoms with Gasteiger partial charge in [-0.05, 0) is 36.1 Å². The van der Waals surface area contributed by atoms with Crippen molar-refractivity contribution < 1.29 is 17.9 Å². The minimum atomic E-state index is -3.01. The highest BCUT2D eigenvalue weighted by atomic mass is 32.2. The Kier molecular flexibility index (Phi) is 7.67. The molecule has 2 aromatic rings. The highest BCUT2D eigenvalue weighted by molar-refractivity contribution is 7.91. The molecule has 2 aliphatic heterocycles. The molecule has 0 aliphatic carbocycles. The van der Waals surface area contributed by atoms with Crippen molar-refractivity contribution in [3.63, 3.8) is 0 Å². The lowest BCUT2D eigenvalue weighted by atomic mass is 10.0. The van der Waals surface area contributed by atoms with E-state index in [1.807, 2.05) is 47.4 Å². The quantitative estimate of drug-likeness (QED) is 0.667. The Morgan fingerprint density at radius 2 is 1.73 bits per heavy atom. The average Bonchev–Trinajstić information content (AvgIpc) is 2.82. The zero-order chi connectivity index (χ0) is 23.3. The summed E-state index contributed by atoms with van der Waals surface area (Å²) >= 11 is 0. The van der Waals surface area contributed by atoms with E-state index in [2.05, 4.69) is 22.3 Å². The van der Waals surface area contributed by atoms with Crippen LogP contribution in [-0.2, 0) is 21.2 Å². The summed E-state index contributed by atoms with van der Waals surface area (Å²) in [5.41, 5.74) is 2.13. The molecule has 0 bridgehead atoms. The molecular weight excluding hydrogens is 438 g/mol. The fourth-order valence-corrected chi connectivity index (χ4v) is 5.92. The van der Waals surface area contributed by atoms with Crippen LogP contribution in [0.4, 0.5) is 0 Å². The predicted octanol–water partition coefficient (Wildman–Crippen LogP) is 2.25. The summed E-state index contributed by atoms with van der Waals surface area (Å²) < 4.78 is 29.1. The number of piperidine rings is 1. The Balaban J connectivity index is 1.35. The predicted molar refractivity (Wildman–Crippen MR) is 129 cm³/mol. The van der Waals surface area contributed by atoms with Gasteiger partial charge in [0.2, 0.25) is 5.91 Å². The summed E-state index contributed by atoms with van der Waals surface area (Å²) in [5.74, 6) is 1.04. The molecule has 178 valence electrons. The van der Waals surface area contributed by atoms with Gasteiger partial charge >= 0.3 is 0 Å². The lowest BCUT2D eigenvalue weighted by Crippen LogP contribution is -2.51. The highest BCUT2D eigenvalue weighted by Crippen LogP contribution is 2.24.